The third-order valence-electron chi connectivity index (χ3n) is 1.17. The van der Waals surface area contributed by atoms with Crippen molar-refractivity contribution < 1.29 is 0 Å². The van der Waals surface area contributed by atoms with E-state index in [2.05, 4.69) is 21.6 Å². The Bertz CT molecular complexity index is 178. The highest BCUT2D eigenvalue weighted by molar-refractivity contribution is 8.82. The molecule has 0 spiro atoms. The first-order chi connectivity index (χ1) is 5.97. The second kappa shape index (κ2) is 5.46. The average molecular weight is 271 g/mol. The first-order valence-corrected chi connectivity index (χ1v) is 9.66. The lowest BCUT2D eigenvalue weighted by Gasteiger charge is -2.24. The van der Waals surface area contributed by atoms with Crippen LogP contribution in [-0.4, -0.2) is 9.16 Å². The molecule has 0 aromatic rings. The molecule has 2 rings (SSSR count). The first-order valence-electron chi connectivity index (χ1n) is 3.22. The maximum atomic E-state index is 2.20. The molecule has 0 fully saturated rings. The lowest BCUT2D eigenvalue weighted by Crippen LogP contribution is -2.11. The summed E-state index contributed by atoms with van der Waals surface area (Å²) in [6.45, 7) is 0. The minimum atomic E-state index is 0.701. The van der Waals surface area contributed by atoms with Crippen LogP contribution in [0.5, 0.6) is 0 Å². The van der Waals surface area contributed by atoms with Crippen LogP contribution in [0.1, 0.15) is 0 Å². The summed E-state index contributed by atoms with van der Waals surface area (Å²) in [5, 5.41) is 8.73. The minimum absolute atomic E-state index is 0.701. The Morgan fingerprint density at radius 2 is 1.17 bits per heavy atom. The highest BCUT2D eigenvalue weighted by Crippen LogP contribution is 2.52. The summed E-state index contributed by atoms with van der Waals surface area (Å²) >= 11 is 3.88. The molecular formula is C6H6S6. The van der Waals surface area contributed by atoms with Gasteiger partial charge in [0.05, 0.1) is 9.16 Å². The van der Waals surface area contributed by atoms with Crippen LogP contribution in [-0.2, 0) is 0 Å². The van der Waals surface area contributed by atoms with Crippen molar-refractivity contribution in [2.45, 2.75) is 9.16 Å². The summed E-state index contributed by atoms with van der Waals surface area (Å²) in [5.41, 5.74) is 0. The van der Waals surface area contributed by atoms with Gasteiger partial charge >= 0.3 is 0 Å². The second-order valence-electron chi connectivity index (χ2n) is 1.94. The molecule has 2 aliphatic rings. The van der Waals surface area contributed by atoms with Crippen molar-refractivity contribution in [1.29, 1.82) is 0 Å². The molecule has 0 aromatic heterocycles. The van der Waals surface area contributed by atoms with Gasteiger partial charge in [0.25, 0.3) is 0 Å². The van der Waals surface area contributed by atoms with Crippen molar-refractivity contribution in [2.24, 2.45) is 0 Å². The largest absolute Gasteiger partial charge is 0.116 e. The zero-order valence-corrected chi connectivity index (χ0v) is 10.8. The van der Waals surface area contributed by atoms with E-state index in [0.717, 1.165) is 0 Å². The number of hydrogen-bond donors (Lipinski definition) is 0. The Morgan fingerprint density at radius 3 is 1.50 bits per heavy atom. The van der Waals surface area contributed by atoms with E-state index >= 15 is 0 Å². The summed E-state index contributed by atoms with van der Waals surface area (Å²) in [4.78, 5) is 0. The topological polar surface area (TPSA) is 0 Å². The lowest BCUT2D eigenvalue weighted by atomic mass is 10.9. The van der Waals surface area contributed by atoms with Crippen molar-refractivity contribution in [3.63, 3.8) is 0 Å². The molecule has 0 bridgehead atoms. The SMILES string of the molecule is C1=CSC(C2SC=CSS2)SS1. The van der Waals surface area contributed by atoms with Crippen molar-refractivity contribution in [2.75, 3.05) is 0 Å². The fourth-order valence-corrected chi connectivity index (χ4v) is 9.86. The van der Waals surface area contributed by atoms with Crippen LogP contribution in [0, 0.1) is 0 Å². The molecule has 2 aliphatic heterocycles. The van der Waals surface area contributed by atoms with E-state index in [-0.39, 0.29) is 0 Å². The molecule has 0 aliphatic carbocycles. The smallest absolute Gasteiger partial charge is 0.0872 e. The fraction of sp³-hybridized carbons (Fsp3) is 0.333. The standard InChI is InChI=1S/C6H6S6/c1-3-9-11-5(7-1)6-8-2-4-10-12-6/h1-6H. The van der Waals surface area contributed by atoms with Crippen LogP contribution in [0.15, 0.2) is 21.6 Å². The molecule has 6 heteroatoms. The van der Waals surface area contributed by atoms with Gasteiger partial charge in [-0.25, -0.2) is 0 Å². The molecule has 0 aromatic carbocycles. The van der Waals surface area contributed by atoms with Gasteiger partial charge < -0.3 is 0 Å². The predicted octanol–water partition coefficient (Wildman–Crippen LogP) is 4.84. The summed E-state index contributed by atoms with van der Waals surface area (Å²) in [7, 11) is 7.65. The molecule has 0 amide bonds. The Morgan fingerprint density at radius 1 is 0.667 bits per heavy atom. The quantitative estimate of drug-likeness (QED) is 0.621. The van der Waals surface area contributed by atoms with Crippen molar-refractivity contribution in [3.05, 3.63) is 21.6 Å². The number of thioether (sulfide) groups is 2. The zero-order valence-electron chi connectivity index (χ0n) is 5.91. The van der Waals surface area contributed by atoms with E-state index in [0.29, 0.717) is 9.16 Å². The van der Waals surface area contributed by atoms with Gasteiger partial charge in [-0.15, -0.1) is 23.5 Å². The normalized spacial score (nSPS) is 35.3. The Balaban J connectivity index is 1.90. The van der Waals surface area contributed by atoms with Gasteiger partial charge in [-0.2, -0.15) is 0 Å². The van der Waals surface area contributed by atoms with E-state index in [1.54, 1.807) is 0 Å². The van der Waals surface area contributed by atoms with Crippen molar-refractivity contribution in [3.8, 4) is 0 Å². The number of hydrogen-bond acceptors (Lipinski definition) is 6. The zero-order chi connectivity index (χ0) is 8.23. The van der Waals surface area contributed by atoms with Gasteiger partial charge in [0.15, 0.2) is 0 Å². The molecule has 0 nitrogen and oxygen atoms in total. The van der Waals surface area contributed by atoms with E-state index in [4.69, 9.17) is 0 Å². The minimum Gasteiger partial charge on any atom is -0.116 e. The monoisotopic (exact) mass is 270 g/mol. The number of rotatable bonds is 1. The van der Waals surface area contributed by atoms with E-state index in [1.165, 1.54) is 0 Å². The van der Waals surface area contributed by atoms with Crippen molar-refractivity contribution >= 4 is 66.7 Å². The Labute approximate surface area is 96.7 Å². The van der Waals surface area contributed by atoms with Gasteiger partial charge in [0.2, 0.25) is 0 Å². The maximum absolute atomic E-state index is 2.20. The lowest BCUT2D eigenvalue weighted by molar-refractivity contribution is 1.39. The van der Waals surface area contributed by atoms with Gasteiger partial charge in [-0.1, -0.05) is 43.2 Å². The van der Waals surface area contributed by atoms with Crippen LogP contribution in [0.4, 0.5) is 0 Å². The molecule has 66 valence electrons. The molecule has 12 heavy (non-hydrogen) atoms. The van der Waals surface area contributed by atoms with E-state index in [1.807, 2.05) is 66.7 Å². The highest BCUT2D eigenvalue weighted by atomic mass is 33.1. The maximum Gasteiger partial charge on any atom is 0.0872 e. The molecule has 0 saturated carbocycles. The van der Waals surface area contributed by atoms with Crippen LogP contribution >= 0.6 is 66.7 Å². The molecule has 2 heterocycles. The molecular weight excluding hydrogens is 264 g/mol. The van der Waals surface area contributed by atoms with Crippen LogP contribution in [0.25, 0.3) is 0 Å². The summed E-state index contributed by atoms with van der Waals surface area (Å²) in [6.07, 6.45) is 0. The Kier molecular flexibility index (Phi) is 4.60. The van der Waals surface area contributed by atoms with Gasteiger partial charge in [-0.3, -0.25) is 0 Å². The van der Waals surface area contributed by atoms with E-state index in [9.17, 15) is 0 Å². The third-order valence-corrected chi connectivity index (χ3v) is 10.1. The summed E-state index contributed by atoms with van der Waals surface area (Å²) < 4.78 is 1.40. The fourth-order valence-electron chi connectivity index (χ4n) is 0.702. The summed E-state index contributed by atoms with van der Waals surface area (Å²) in [6, 6.07) is 0. The van der Waals surface area contributed by atoms with Crippen molar-refractivity contribution in [1.82, 2.24) is 0 Å². The molecule has 2 atom stereocenters. The van der Waals surface area contributed by atoms with Crippen LogP contribution in [0.2, 0.25) is 0 Å². The van der Waals surface area contributed by atoms with Gasteiger partial charge in [-0.05, 0) is 21.6 Å². The van der Waals surface area contributed by atoms with Crippen LogP contribution < -0.4 is 0 Å². The Hall–Kier alpha value is 1.58. The van der Waals surface area contributed by atoms with Gasteiger partial charge in [0.1, 0.15) is 0 Å². The molecule has 0 saturated heterocycles. The second-order valence-corrected chi connectivity index (χ2v) is 9.28. The molecule has 0 radical (unpaired) electrons. The van der Waals surface area contributed by atoms with Gasteiger partial charge in [0, 0.05) is 0 Å². The molecule has 2 unspecified atom stereocenters. The third kappa shape index (κ3) is 2.78. The van der Waals surface area contributed by atoms with E-state index < -0.39 is 0 Å². The molecule has 0 N–H and O–H groups in total. The highest BCUT2D eigenvalue weighted by Gasteiger charge is 2.25. The predicted molar refractivity (Wildman–Crippen MR) is 71.4 cm³/mol. The van der Waals surface area contributed by atoms with Crippen LogP contribution in [0.3, 0.4) is 0 Å². The average Bonchev–Trinajstić information content (AvgIpc) is 2.21. The first kappa shape index (κ1) is 10.1. The summed E-state index contributed by atoms with van der Waals surface area (Å²) in [5.74, 6) is 0.